The Morgan fingerprint density at radius 3 is 1.44 bits per heavy atom. The van der Waals surface area contributed by atoms with E-state index < -0.39 is 11.6 Å². The maximum absolute atomic E-state index is 10.3. The molecule has 4 bridgehead atoms. The van der Waals surface area contributed by atoms with E-state index in [1.807, 2.05) is 41.5 Å². The van der Waals surface area contributed by atoms with Crippen LogP contribution in [0.1, 0.15) is 243 Å². The standard InChI is InChI=1S/C14H29NO.2C12H23NO.C11H13NO.C3H9NO.5C2H7N/c1-4-11(2)12-8-6-5-7-9-14(3,16)13(15)10-12;13-12-7-3-1-2-6-11(14)10(9-12)5-4-8-12;13-12-7-3-1-2-5-10(6-4-8-12)11(14)9-12;1-2-3-4-5-6-7-8-9-11(12)10-13;1-3(5)2-4;5*1-2-3/h11-13,16H,4-10,15H2,1-3H3;2*10-11,14H,1-9,13H2;11,13H,2-3,10,12H2,1H3;3,5H,2,4H2,1H3;5*2-3H2,1H3. The predicted octanol–water partition coefficient (Wildman–Crippen LogP) is 6.75. The van der Waals surface area contributed by atoms with Gasteiger partial charge >= 0.3 is 0 Å². The van der Waals surface area contributed by atoms with E-state index in [4.69, 9.17) is 67.5 Å². The van der Waals surface area contributed by atoms with E-state index in [0.29, 0.717) is 24.3 Å². The molecule has 0 aromatic rings. The SMILES string of the molecule is CC(O)CN.CCC(C)C1CCCCCC(C)(O)C(N)C1.CCCC#CC#CC#CC(N)CO.CCN.CCN.CCN.CCN.CCN.NC12CCCCCC(CCC1)C(O)C2.NC12CCCCCC(O)C(CCC1)C2. The van der Waals surface area contributed by atoms with Crippen LogP contribution in [0.2, 0.25) is 0 Å². The molecule has 0 amide bonds. The second-order valence-electron chi connectivity index (χ2n) is 22.2. The van der Waals surface area contributed by atoms with Crippen LogP contribution >= 0.6 is 0 Å². The van der Waals surface area contributed by atoms with Crippen molar-refractivity contribution in [2.75, 3.05) is 45.9 Å². The highest BCUT2D eigenvalue weighted by molar-refractivity contribution is 5.36. The minimum Gasteiger partial charge on any atom is -0.394 e. The van der Waals surface area contributed by atoms with Gasteiger partial charge in [-0.25, -0.2) is 0 Å². The Labute approximate surface area is 475 Å². The molecule has 25 N–H and O–H groups in total. The summed E-state index contributed by atoms with van der Waals surface area (Å²) in [7, 11) is 0. The van der Waals surface area contributed by atoms with Gasteiger partial charge in [0.05, 0.1) is 36.6 Å². The molecule has 0 heterocycles. The molecule has 0 aromatic carbocycles. The molecule has 0 aromatic heterocycles. The topological polar surface area (TPSA) is 361 Å². The number of hydrogen-bond donors (Lipinski definition) is 15. The van der Waals surface area contributed by atoms with Crippen molar-refractivity contribution < 1.29 is 25.5 Å². The lowest BCUT2D eigenvalue weighted by Gasteiger charge is -2.39. The van der Waals surface area contributed by atoms with Crippen molar-refractivity contribution in [2.24, 2.45) is 81.0 Å². The van der Waals surface area contributed by atoms with Gasteiger partial charge in [-0.3, -0.25) is 0 Å². The van der Waals surface area contributed by atoms with Crippen molar-refractivity contribution in [3.05, 3.63) is 0 Å². The fraction of sp³-hybridized carbons (Fsp3) is 0.903. The minimum absolute atomic E-state index is 0.0431. The molecule has 0 aliphatic heterocycles. The maximum Gasteiger partial charge on any atom is 0.0909 e. The third-order valence-corrected chi connectivity index (χ3v) is 14.3. The number of nitrogens with two attached hydrogens (primary N) is 10. The summed E-state index contributed by atoms with van der Waals surface area (Å²) < 4.78 is 0. The first-order valence-electron chi connectivity index (χ1n) is 30.7. The Morgan fingerprint density at radius 2 is 0.974 bits per heavy atom. The van der Waals surface area contributed by atoms with Gasteiger partial charge < -0.3 is 82.9 Å². The lowest BCUT2D eigenvalue weighted by atomic mass is 9.72. The van der Waals surface area contributed by atoms with Crippen LogP contribution in [0.3, 0.4) is 0 Å². The summed E-state index contributed by atoms with van der Waals surface area (Å²) in [5.74, 6) is 18.2. The number of aliphatic hydroxyl groups excluding tert-OH is 4. The highest BCUT2D eigenvalue weighted by Gasteiger charge is 2.37. The molecule has 15 heteroatoms. The molecule has 0 radical (unpaired) electrons. The molecule has 5 rings (SSSR count). The lowest BCUT2D eigenvalue weighted by Crippen LogP contribution is -2.46. The van der Waals surface area contributed by atoms with E-state index in [1.165, 1.54) is 109 Å². The van der Waals surface area contributed by atoms with Crippen molar-refractivity contribution >= 4 is 0 Å². The van der Waals surface area contributed by atoms with Crippen molar-refractivity contribution in [1.82, 2.24) is 0 Å². The third kappa shape index (κ3) is 51.9. The third-order valence-electron chi connectivity index (χ3n) is 14.3. The minimum atomic E-state index is -0.657. The van der Waals surface area contributed by atoms with Gasteiger partial charge in [0.15, 0.2) is 0 Å². The second-order valence-corrected chi connectivity index (χ2v) is 22.2. The van der Waals surface area contributed by atoms with Gasteiger partial charge in [0.25, 0.3) is 0 Å². The quantitative estimate of drug-likeness (QED) is 0.127. The van der Waals surface area contributed by atoms with Crippen molar-refractivity contribution in [3.63, 3.8) is 0 Å². The number of unbranched alkanes of at least 4 members (excludes halogenated alkanes) is 1. The fourth-order valence-electron chi connectivity index (χ4n) is 9.73. The van der Waals surface area contributed by atoms with Gasteiger partial charge in [0, 0.05) is 30.1 Å². The molecule has 12 atom stereocenters. The largest absolute Gasteiger partial charge is 0.394 e. The lowest BCUT2D eigenvalue weighted by molar-refractivity contribution is 0.0140. The molecular weight excluding hydrogens is 965 g/mol. The Morgan fingerprint density at radius 1 is 0.558 bits per heavy atom. The van der Waals surface area contributed by atoms with Gasteiger partial charge in [-0.15, -0.1) is 0 Å². The summed E-state index contributed by atoms with van der Waals surface area (Å²) in [6.45, 7) is 23.7. The van der Waals surface area contributed by atoms with Gasteiger partial charge in [0.2, 0.25) is 0 Å². The summed E-state index contributed by atoms with van der Waals surface area (Å²) >= 11 is 0. The first-order valence-corrected chi connectivity index (χ1v) is 30.7. The zero-order valence-electron chi connectivity index (χ0n) is 51.7. The van der Waals surface area contributed by atoms with Crippen molar-refractivity contribution in [3.8, 4) is 35.5 Å². The molecule has 460 valence electrons. The van der Waals surface area contributed by atoms with E-state index in [1.54, 1.807) is 6.92 Å². The van der Waals surface area contributed by atoms with E-state index in [-0.39, 0.29) is 42.0 Å². The molecule has 5 aliphatic carbocycles. The molecule has 15 nitrogen and oxygen atoms in total. The molecule has 0 spiro atoms. The molecule has 5 fully saturated rings. The van der Waals surface area contributed by atoms with Crippen LogP contribution in [0, 0.1) is 59.2 Å². The molecule has 5 aliphatic rings. The summed E-state index contributed by atoms with van der Waals surface area (Å²) in [5, 5.41) is 47.2. The smallest absolute Gasteiger partial charge is 0.0909 e. The molecule has 12 unspecified atom stereocenters. The van der Waals surface area contributed by atoms with Crippen LogP contribution in [0.5, 0.6) is 0 Å². The Bertz CT molecular complexity index is 1430. The van der Waals surface area contributed by atoms with Crippen LogP contribution < -0.4 is 57.3 Å². The average Bonchev–Trinajstić information content (AvgIpc) is 3.40. The van der Waals surface area contributed by atoms with Gasteiger partial charge in [-0.2, -0.15) is 0 Å². The Balaban J connectivity index is -0.000000268. The molecule has 5 saturated carbocycles. The maximum atomic E-state index is 10.3. The van der Waals surface area contributed by atoms with E-state index in [9.17, 15) is 15.3 Å². The normalized spacial score (nSPS) is 28.3. The van der Waals surface area contributed by atoms with Crippen LogP contribution in [-0.2, 0) is 0 Å². The predicted molar refractivity (Wildman–Crippen MR) is 333 cm³/mol. The first kappa shape index (κ1) is 83.9. The fourth-order valence-corrected chi connectivity index (χ4v) is 9.73. The number of hydrogen-bond acceptors (Lipinski definition) is 15. The van der Waals surface area contributed by atoms with Gasteiger partial charge in [-0.05, 0) is 177 Å². The number of fused-ring (bicyclic) bond motifs is 5. The van der Waals surface area contributed by atoms with Gasteiger partial charge in [-0.1, -0.05) is 151 Å². The number of aliphatic hydroxyl groups is 5. The zero-order chi connectivity index (χ0) is 60.0. The molecule has 0 saturated heterocycles. The first-order chi connectivity index (χ1) is 36.5. The van der Waals surface area contributed by atoms with E-state index in [0.717, 1.165) is 103 Å². The van der Waals surface area contributed by atoms with Crippen molar-refractivity contribution in [1.29, 1.82) is 0 Å². The highest BCUT2D eigenvalue weighted by atomic mass is 16.3. The van der Waals surface area contributed by atoms with Crippen molar-refractivity contribution in [2.45, 2.75) is 290 Å². The van der Waals surface area contributed by atoms with E-state index in [2.05, 4.69) is 56.3 Å². The van der Waals surface area contributed by atoms with E-state index >= 15 is 0 Å². The highest BCUT2D eigenvalue weighted by Crippen LogP contribution is 2.39. The Kier molecular flexibility index (Phi) is 62.5. The van der Waals surface area contributed by atoms with Crippen LogP contribution in [0.25, 0.3) is 0 Å². The van der Waals surface area contributed by atoms with Crippen LogP contribution in [0.15, 0.2) is 0 Å². The molecule has 77 heavy (non-hydrogen) atoms. The van der Waals surface area contributed by atoms with Crippen LogP contribution in [-0.4, -0.2) is 118 Å². The summed E-state index contributed by atoms with van der Waals surface area (Å²) in [6.07, 6.45) is 30.5. The molecular formula is C62H132N10O5. The summed E-state index contributed by atoms with van der Waals surface area (Å²) in [6, 6.07) is -0.553. The van der Waals surface area contributed by atoms with Crippen LogP contribution in [0.4, 0.5) is 0 Å². The van der Waals surface area contributed by atoms with Gasteiger partial charge in [0.1, 0.15) is 0 Å². The monoisotopic (exact) mass is 1100 g/mol. The second kappa shape index (κ2) is 57.3. The summed E-state index contributed by atoms with van der Waals surface area (Å²) in [4.78, 5) is 0. The zero-order valence-corrected chi connectivity index (χ0v) is 51.7. The Hall–Kier alpha value is -1.92. The number of rotatable bonds is 5. The average molecular weight is 1100 g/mol. The summed E-state index contributed by atoms with van der Waals surface area (Å²) in [5.41, 5.74) is 52.8.